The van der Waals surface area contributed by atoms with Crippen LogP contribution in [0, 0.1) is 6.92 Å². The van der Waals surface area contributed by atoms with Gasteiger partial charge in [0.05, 0.1) is 6.10 Å². The molecule has 0 spiro atoms. The molecule has 3 heteroatoms. The number of hydrogen-bond donors (Lipinski definition) is 1. The number of amides is 1. The normalized spacial score (nSPS) is 16.1. The third-order valence-corrected chi connectivity index (χ3v) is 3.79. The number of hydrogen-bond acceptors (Lipinski definition) is 2. The van der Waals surface area contributed by atoms with Crippen LogP contribution >= 0.6 is 0 Å². The number of ether oxygens (including phenoxy) is 1. The Kier molecular flexibility index (Phi) is 6.06. The Balaban J connectivity index is 1.59. The minimum Gasteiger partial charge on any atom is -0.378 e. The summed E-state index contributed by atoms with van der Waals surface area (Å²) in [4.78, 5) is 11.9. The van der Waals surface area contributed by atoms with E-state index in [0.717, 1.165) is 24.2 Å². The quantitative estimate of drug-likeness (QED) is 0.807. The molecule has 1 aromatic carbocycles. The summed E-state index contributed by atoms with van der Waals surface area (Å²) in [5.74, 6) is 0.00589. The van der Waals surface area contributed by atoms with Gasteiger partial charge in [0.1, 0.15) is 0 Å². The molecule has 0 unspecified atom stereocenters. The van der Waals surface area contributed by atoms with E-state index in [1.807, 2.05) is 31.2 Å². The first-order valence-corrected chi connectivity index (χ1v) is 7.72. The monoisotopic (exact) mass is 275 g/mol. The highest BCUT2D eigenvalue weighted by Crippen LogP contribution is 2.20. The summed E-state index contributed by atoms with van der Waals surface area (Å²) < 4.78 is 5.84. The molecule has 0 radical (unpaired) electrons. The highest BCUT2D eigenvalue weighted by atomic mass is 16.5. The van der Waals surface area contributed by atoms with E-state index in [-0.39, 0.29) is 5.91 Å². The van der Waals surface area contributed by atoms with Crippen molar-refractivity contribution in [2.75, 3.05) is 13.2 Å². The first-order valence-electron chi connectivity index (χ1n) is 7.72. The zero-order valence-corrected chi connectivity index (χ0v) is 12.4. The van der Waals surface area contributed by atoms with Crippen molar-refractivity contribution < 1.29 is 9.53 Å². The lowest BCUT2D eigenvalue weighted by Crippen LogP contribution is -2.26. The van der Waals surface area contributed by atoms with E-state index in [9.17, 15) is 4.79 Å². The number of aryl methyl sites for hydroxylation is 1. The number of benzene rings is 1. The zero-order chi connectivity index (χ0) is 14.2. The summed E-state index contributed by atoms with van der Waals surface area (Å²) in [7, 11) is 0. The molecule has 20 heavy (non-hydrogen) atoms. The van der Waals surface area contributed by atoms with E-state index >= 15 is 0 Å². The number of rotatable bonds is 6. The van der Waals surface area contributed by atoms with Gasteiger partial charge in [-0.15, -0.1) is 0 Å². The summed E-state index contributed by atoms with van der Waals surface area (Å²) in [6, 6.07) is 7.67. The van der Waals surface area contributed by atoms with Crippen molar-refractivity contribution in [1.82, 2.24) is 5.32 Å². The Morgan fingerprint density at radius 2 is 2.10 bits per heavy atom. The Bertz CT molecular complexity index is 425. The average Bonchev–Trinajstić information content (AvgIpc) is 2.48. The molecule has 0 aliphatic heterocycles. The van der Waals surface area contributed by atoms with Crippen molar-refractivity contribution in [2.24, 2.45) is 0 Å². The molecule has 0 aromatic heterocycles. The number of nitrogens with one attached hydrogen (secondary N) is 1. The van der Waals surface area contributed by atoms with Crippen molar-refractivity contribution >= 4 is 5.91 Å². The SMILES string of the molecule is Cc1cccc(C(=O)NCCCOC2CCCCC2)c1. The molecule has 1 aromatic rings. The maximum absolute atomic E-state index is 11.9. The molecule has 2 rings (SSSR count). The van der Waals surface area contributed by atoms with Crippen LogP contribution in [0.25, 0.3) is 0 Å². The second kappa shape index (κ2) is 8.05. The fourth-order valence-electron chi connectivity index (χ4n) is 2.64. The van der Waals surface area contributed by atoms with E-state index in [1.54, 1.807) is 0 Å². The van der Waals surface area contributed by atoms with Crippen molar-refractivity contribution in [3.05, 3.63) is 35.4 Å². The van der Waals surface area contributed by atoms with Crippen molar-refractivity contribution in [1.29, 1.82) is 0 Å². The first kappa shape index (κ1) is 15.0. The molecule has 0 atom stereocenters. The smallest absolute Gasteiger partial charge is 0.251 e. The lowest BCUT2D eigenvalue weighted by atomic mass is 9.98. The van der Waals surface area contributed by atoms with Gasteiger partial charge in [-0.05, 0) is 38.3 Å². The molecule has 1 N–H and O–H groups in total. The van der Waals surface area contributed by atoms with Gasteiger partial charge >= 0.3 is 0 Å². The largest absolute Gasteiger partial charge is 0.378 e. The van der Waals surface area contributed by atoms with Crippen LogP contribution in [-0.2, 0) is 4.74 Å². The fraction of sp³-hybridized carbons (Fsp3) is 0.588. The summed E-state index contributed by atoms with van der Waals surface area (Å²) in [5.41, 5.74) is 1.84. The van der Waals surface area contributed by atoms with Gasteiger partial charge in [-0.2, -0.15) is 0 Å². The van der Waals surface area contributed by atoms with Crippen LogP contribution in [-0.4, -0.2) is 25.2 Å². The van der Waals surface area contributed by atoms with Crippen LogP contribution in [0.5, 0.6) is 0 Å². The maximum Gasteiger partial charge on any atom is 0.251 e. The van der Waals surface area contributed by atoms with Crippen molar-refractivity contribution in [2.45, 2.75) is 51.6 Å². The summed E-state index contributed by atoms with van der Waals surface area (Å²) in [6.07, 6.45) is 7.70. The van der Waals surface area contributed by atoms with Gasteiger partial charge in [0.25, 0.3) is 5.91 Å². The maximum atomic E-state index is 11.9. The van der Waals surface area contributed by atoms with Crippen molar-refractivity contribution in [3.63, 3.8) is 0 Å². The van der Waals surface area contributed by atoms with Gasteiger partial charge in [0, 0.05) is 18.7 Å². The molecule has 1 aliphatic carbocycles. The van der Waals surface area contributed by atoms with E-state index in [4.69, 9.17) is 4.74 Å². The minimum atomic E-state index is 0.00589. The molecule has 110 valence electrons. The van der Waals surface area contributed by atoms with Crippen LogP contribution < -0.4 is 5.32 Å². The molecule has 0 saturated heterocycles. The molecular weight excluding hydrogens is 250 g/mol. The predicted octanol–water partition coefficient (Wildman–Crippen LogP) is 3.46. The molecule has 1 fully saturated rings. The van der Waals surface area contributed by atoms with Gasteiger partial charge in [0.15, 0.2) is 0 Å². The van der Waals surface area contributed by atoms with Gasteiger partial charge in [-0.1, -0.05) is 37.0 Å². The lowest BCUT2D eigenvalue weighted by molar-refractivity contribution is 0.0273. The van der Waals surface area contributed by atoms with Gasteiger partial charge in [0.2, 0.25) is 0 Å². The minimum absolute atomic E-state index is 0.00589. The summed E-state index contributed by atoms with van der Waals surface area (Å²) >= 11 is 0. The molecule has 3 nitrogen and oxygen atoms in total. The van der Waals surface area contributed by atoms with Crippen LogP contribution in [0.1, 0.15) is 54.4 Å². The van der Waals surface area contributed by atoms with Crippen LogP contribution in [0.3, 0.4) is 0 Å². The van der Waals surface area contributed by atoms with Gasteiger partial charge in [-0.25, -0.2) is 0 Å². The lowest BCUT2D eigenvalue weighted by Gasteiger charge is -2.21. The van der Waals surface area contributed by atoms with E-state index in [1.165, 1.54) is 32.1 Å². The molecule has 1 saturated carbocycles. The molecule has 1 amide bonds. The molecular formula is C17H25NO2. The van der Waals surface area contributed by atoms with E-state index in [0.29, 0.717) is 12.6 Å². The van der Waals surface area contributed by atoms with Crippen LogP contribution in [0.15, 0.2) is 24.3 Å². The summed E-state index contributed by atoms with van der Waals surface area (Å²) in [5, 5.41) is 2.94. The number of carbonyl (C=O) groups excluding carboxylic acids is 1. The Labute approximate surface area is 121 Å². The zero-order valence-electron chi connectivity index (χ0n) is 12.4. The van der Waals surface area contributed by atoms with Crippen molar-refractivity contribution in [3.8, 4) is 0 Å². The van der Waals surface area contributed by atoms with Gasteiger partial charge in [-0.3, -0.25) is 4.79 Å². The first-order chi connectivity index (χ1) is 9.75. The highest BCUT2D eigenvalue weighted by Gasteiger charge is 2.13. The Hall–Kier alpha value is -1.35. The molecule has 1 aliphatic rings. The average molecular weight is 275 g/mol. The third-order valence-electron chi connectivity index (χ3n) is 3.79. The van der Waals surface area contributed by atoms with E-state index in [2.05, 4.69) is 5.32 Å². The Morgan fingerprint density at radius 3 is 2.85 bits per heavy atom. The topological polar surface area (TPSA) is 38.3 Å². The van der Waals surface area contributed by atoms with Crippen LogP contribution in [0.4, 0.5) is 0 Å². The second-order valence-corrected chi connectivity index (χ2v) is 5.61. The van der Waals surface area contributed by atoms with E-state index < -0.39 is 0 Å². The highest BCUT2D eigenvalue weighted by molar-refractivity contribution is 5.94. The second-order valence-electron chi connectivity index (χ2n) is 5.61. The Morgan fingerprint density at radius 1 is 1.30 bits per heavy atom. The standard InChI is InChI=1S/C17H25NO2/c1-14-7-5-8-15(13-14)17(19)18-11-6-12-20-16-9-3-2-4-10-16/h5,7-8,13,16H,2-4,6,9-12H2,1H3,(H,18,19). The molecule has 0 heterocycles. The van der Waals surface area contributed by atoms with Gasteiger partial charge < -0.3 is 10.1 Å². The van der Waals surface area contributed by atoms with Crippen LogP contribution in [0.2, 0.25) is 0 Å². The third kappa shape index (κ3) is 4.97. The summed E-state index contributed by atoms with van der Waals surface area (Å²) in [6.45, 7) is 3.42. The fourth-order valence-corrected chi connectivity index (χ4v) is 2.64. The number of carbonyl (C=O) groups is 1. The molecule has 0 bridgehead atoms. The predicted molar refractivity (Wildman–Crippen MR) is 81.0 cm³/mol.